The molecule has 10 heteroatoms. The number of rotatable bonds is 6. The van der Waals surface area contributed by atoms with Crippen LogP contribution in [0.5, 0.6) is 0 Å². The molecule has 0 aliphatic heterocycles. The highest BCUT2D eigenvalue weighted by Crippen LogP contribution is 2.29. The smallest absolute Gasteiger partial charge is 0.264 e. The number of amides is 2. The molecule has 34 heavy (non-hydrogen) atoms. The van der Waals surface area contributed by atoms with Crippen molar-refractivity contribution in [3.63, 3.8) is 0 Å². The summed E-state index contributed by atoms with van der Waals surface area (Å²) in [5.74, 6) is -0.910. The molecule has 2 aromatic heterocycles. The monoisotopic (exact) mass is 498 g/mol. The number of hydrogen-bond donors (Lipinski definition) is 2. The van der Waals surface area contributed by atoms with Gasteiger partial charge in [-0.3, -0.25) is 14.4 Å². The fourth-order valence-electron chi connectivity index (χ4n) is 3.47. The SMILES string of the molecule is CCN(Cc1nc2ccccc2c(=O)[nH]1)C(=O)c1sc(NC(=O)c2ccc(F)cc2Cl)cc1C. The number of benzene rings is 2. The topological polar surface area (TPSA) is 95.2 Å². The lowest BCUT2D eigenvalue weighted by Crippen LogP contribution is -2.31. The molecule has 0 saturated carbocycles. The Morgan fingerprint density at radius 3 is 2.71 bits per heavy atom. The first-order chi connectivity index (χ1) is 16.3. The van der Waals surface area contributed by atoms with E-state index in [-0.39, 0.29) is 28.6 Å². The van der Waals surface area contributed by atoms with Crippen molar-refractivity contribution in [1.29, 1.82) is 0 Å². The number of aromatic nitrogens is 2. The van der Waals surface area contributed by atoms with Gasteiger partial charge in [0.05, 0.1) is 37.9 Å². The van der Waals surface area contributed by atoms with Crippen molar-refractivity contribution < 1.29 is 14.0 Å². The average molecular weight is 499 g/mol. The van der Waals surface area contributed by atoms with Gasteiger partial charge in [-0.25, -0.2) is 9.37 Å². The molecule has 2 N–H and O–H groups in total. The predicted octanol–water partition coefficient (Wildman–Crippen LogP) is 5.00. The number of aryl methyl sites for hydroxylation is 1. The number of nitrogens with one attached hydrogen (secondary N) is 2. The standard InChI is InChI=1S/C24H20ClFN4O3S/c1-3-30(12-19-27-18-7-5-4-6-16(18)23(32)28-19)24(33)21-13(2)10-20(34-21)29-22(31)15-9-8-14(26)11-17(15)25/h4-11H,3,12H2,1-2H3,(H,29,31)(H,27,28,32). The number of thiophene rings is 1. The van der Waals surface area contributed by atoms with Gasteiger partial charge >= 0.3 is 0 Å². The van der Waals surface area contributed by atoms with E-state index in [1.165, 1.54) is 6.07 Å². The van der Waals surface area contributed by atoms with Gasteiger partial charge in [-0.1, -0.05) is 23.7 Å². The second-order valence-electron chi connectivity index (χ2n) is 7.55. The minimum atomic E-state index is -0.539. The molecule has 0 saturated heterocycles. The number of halogens is 2. The summed E-state index contributed by atoms with van der Waals surface area (Å²) in [5.41, 5.74) is 1.11. The van der Waals surface area contributed by atoms with E-state index in [0.717, 1.165) is 23.5 Å². The van der Waals surface area contributed by atoms with Crippen LogP contribution < -0.4 is 10.9 Å². The molecular weight excluding hydrogens is 479 g/mol. The van der Waals surface area contributed by atoms with Crippen LogP contribution in [-0.4, -0.2) is 33.2 Å². The summed E-state index contributed by atoms with van der Waals surface area (Å²) < 4.78 is 13.3. The van der Waals surface area contributed by atoms with Crippen LogP contribution in [0.15, 0.2) is 53.3 Å². The van der Waals surface area contributed by atoms with Crippen LogP contribution in [-0.2, 0) is 6.54 Å². The number of carbonyl (C=O) groups excluding carboxylic acids is 2. The molecule has 0 bridgehead atoms. The fourth-order valence-corrected chi connectivity index (χ4v) is 4.76. The highest BCUT2D eigenvalue weighted by molar-refractivity contribution is 7.18. The average Bonchev–Trinajstić information content (AvgIpc) is 3.16. The number of fused-ring (bicyclic) bond motifs is 1. The first kappa shape index (κ1) is 23.6. The van der Waals surface area contributed by atoms with Gasteiger partial charge < -0.3 is 15.2 Å². The summed E-state index contributed by atoms with van der Waals surface area (Å²) in [7, 11) is 0. The van der Waals surface area contributed by atoms with Gasteiger partial charge in [-0.05, 0) is 55.8 Å². The third-order valence-electron chi connectivity index (χ3n) is 5.20. The van der Waals surface area contributed by atoms with Crippen LogP contribution in [0.2, 0.25) is 5.02 Å². The minimum Gasteiger partial charge on any atom is -0.331 e. The first-order valence-electron chi connectivity index (χ1n) is 10.4. The molecule has 4 aromatic rings. The Morgan fingerprint density at radius 1 is 1.21 bits per heavy atom. The third-order valence-corrected chi connectivity index (χ3v) is 6.65. The highest BCUT2D eigenvalue weighted by atomic mass is 35.5. The molecule has 0 aliphatic carbocycles. The summed E-state index contributed by atoms with van der Waals surface area (Å²) in [4.78, 5) is 47.4. The number of aromatic amines is 1. The molecule has 0 atom stereocenters. The Bertz CT molecular complexity index is 1470. The van der Waals surface area contributed by atoms with Crippen molar-refractivity contribution in [1.82, 2.24) is 14.9 Å². The second-order valence-corrected chi connectivity index (χ2v) is 9.01. The zero-order valence-electron chi connectivity index (χ0n) is 18.3. The van der Waals surface area contributed by atoms with Crippen molar-refractivity contribution in [3.05, 3.63) is 91.6 Å². The number of carbonyl (C=O) groups is 2. The van der Waals surface area contributed by atoms with E-state index in [9.17, 15) is 18.8 Å². The van der Waals surface area contributed by atoms with Gasteiger partial charge in [0.1, 0.15) is 11.6 Å². The molecule has 2 amide bonds. The first-order valence-corrected chi connectivity index (χ1v) is 11.6. The van der Waals surface area contributed by atoms with Crippen molar-refractivity contribution >= 4 is 50.7 Å². The summed E-state index contributed by atoms with van der Waals surface area (Å²) in [6.07, 6.45) is 0. The van der Waals surface area contributed by atoms with E-state index in [2.05, 4.69) is 15.3 Å². The fraction of sp³-hybridized carbons (Fsp3) is 0.167. The van der Waals surface area contributed by atoms with Crippen LogP contribution in [0.1, 0.15) is 38.3 Å². The summed E-state index contributed by atoms with van der Waals surface area (Å²) in [6, 6.07) is 12.2. The Labute approximate surface area is 203 Å². The van der Waals surface area contributed by atoms with Gasteiger partial charge in [0.25, 0.3) is 17.4 Å². The minimum absolute atomic E-state index is 0.00360. The van der Waals surface area contributed by atoms with Crippen molar-refractivity contribution in [2.24, 2.45) is 0 Å². The molecule has 0 radical (unpaired) electrons. The van der Waals surface area contributed by atoms with Gasteiger partial charge in [-0.2, -0.15) is 0 Å². The van der Waals surface area contributed by atoms with Gasteiger partial charge in [0, 0.05) is 6.54 Å². The Morgan fingerprint density at radius 2 is 1.97 bits per heavy atom. The summed E-state index contributed by atoms with van der Waals surface area (Å²) in [6.45, 7) is 4.12. The van der Waals surface area contributed by atoms with Crippen molar-refractivity contribution in [2.75, 3.05) is 11.9 Å². The third kappa shape index (κ3) is 4.85. The van der Waals surface area contributed by atoms with Gasteiger partial charge in [0.15, 0.2) is 0 Å². The Kier molecular flexibility index (Phi) is 6.76. The molecule has 4 rings (SSSR count). The molecule has 174 valence electrons. The summed E-state index contributed by atoms with van der Waals surface area (Å²) >= 11 is 7.10. The van der Waals surface area contributed by atoms with E-state index in [1.54, 1.807) is 42.2 Å². The number of hydrogen-bond acceptors (Lipinski definition) is 5. The zero-order valence-corrected chi connectivity index (χ0v) is 19.9. The van der Waals surface area contributed by atoms with Crippen LogP contribution in [0, 0.1) is 12.7 Å². The molecule has 0 fully saturated rings. The molecule has 0 aliphatic rings. The van der Waals surface area contributed by atoms with E-state index in [4.69, 9.17) is 11.6 Å². The maximum Gasteiger partial charge on any atom is 0.264 e. The van der Waals surface area contributed by atoms with Crippen molar-refractivity contribution in [3.8, 4) is 0 Å². The number of H-pyrrole nitrogens is 1. The van der Waals surface area contributed by atoms with E-state index in [1.807, 2.05) is 6.92 Å². The molecule has 0 unspecified atom stereocenters. The van der Waals surface area contributed by atoms with Gasteiger partial charge in [-0.15, -0.1) is 11.3 Å². The lowest BCUT2D eigenvalue weighted by Gasteiger charge is -2.20. The predicted molar refractivity (Wildman–Crippen MR) is 131 cm³/mol. The Balaban J connectivity index is 1.54. The van der Waals surface area contributed by atoms with Crippen LogP contribution in [0.3, 0.4) is 0 Å². The Hall–Kier alpha value is -3.56. The number of anilines is 1. The lowest BCUT2D eigenvalue weighted by atomic mass is 10.2. The molecule has 7 nitrogen and oxygen atoms in total. The lowest BCUT2D eigenvalue weighted by molar-refractivity contribution is 0.0752. The van der Waals surface area contributed by atoms with Crippen LogP contribution >= 0.6 is 22.9 Å². The van der Waals surface area contributed by atoms with E-state index < -0.39 is 11.7 Å². The zero-order chi connectivity index (χ0) is 24.4. The van der Waals surface area contributed by atoms with E-state index in [0.29, 0.717) is 38.7 Å². The van der Waals surface area contributed by atoms with Crippen LogP contribution in [0.25, 0.3) is 10.9 Å². The van der Waals surface area contributed by atoms with Crippen LogP contribution in [0.4, 0.5) is 9.39 Å². The maximum absolute atomic E-state index is 13.3. The molecule has 2 aromatic carbocycles. The van der Waals surface area contributed by atoms with E-state index >= 15 is 0 Å². The normalized spacial score (nSPS) is 10.9. The quantitative estimate of drug-likeness (QED) is 0.391. The largest absolute Gasteiger partial charge is 0.331 e. The van der Waals surface area contributed by atoms with Gasteiger partial charge in [0.2, 0.25) is 0 Å². The summed E-state index contributed by atoms with van der Waals surface area (Å²) in [5, 5.41) is 3.65. The number of para-hydroxylation sites is 1. The second kappa shape index (κ2) is 9.74. The molecular formula is C24H20ClFN4O3S. The van der Waals surface area contributed by atoms with Crippen molar-refractivity contribution in [2.45, 2.75) is 20.4 Å². The maximum atomic E-state index is 13.3. The molecule has 2 heterocycles. The highest BCUT2D eigenvalue weighted by Gasteiger charge is 2.22. The number of nitrogens with zero attached hydrogens (tertiary/aromatic N) is 2. The molecule has 0 spiro atoms.